The molecular formula is C24H25F2N5O2. The predicted octanol–water partition coefficient (Wildman–Crippen LogP) is 5.72. The van der Waals surface area contributed by atoms with Crippen molar-refractivity contribution in [3.63, 3.8) is 0 Å². The fraction of sp³-hybridized carbons (Fsp3) is 0.417. The van der Waals surface area contributed by atoms with Crippen LogP contribution in [0.25, 0.3) is 27.1 Å². The lowest BCUT2D eigenvalue weighted by Crippen LogP contribution is -2.37. The number of methoxy groups -OCH3 is 1. The molecular weight excluding hydrogens is 428 g/mol. The van der Waals surface area contributed by atoms with Crippen molar-refractivity contribution in [1.82, 2.24) is 15.0 Å². The van der Waals surface area contributed by atoms with Gasteiger partial charge in [-0.2, -0.15) is 0 Å². The quantitative estimate of drug-likeness (QED) is 0.368. The van der Waals surface area contributed by atoms with E-state index in [0.717, 1.165) is 19.0 Å². The van der Waals surface area contributed by atoms with Gasteiger partial charge in [0.05, 0.1) is 32.0 Å². The predicted molar refractivity (Wildman–Crippen MR) is 121 cm³/mol. The highest BCUT2D eigenvalue weighted by molar-refractivity contribution is 5.97. The van der Waals surface area contributed by atoms with Crippen LogP contribution in [0.1, 0.15) is 51.5 Å². The second kappa shape index (κ2) is 8.43. The largest absolute Gasteiger partial charge is 0.469 e. The van der Waals surface area contributed by atoms with E-state index in [-0.39, 0.29) is 29.5 Å². The summed E-state index contributed by atoms with van der Waals surface area (Å²) in [7, 11) is 1.30. The lowest BCUT2D eigenvalue weighted by molar-refractivity contribution is -0.141. The van der Waals surface area contributed by atoms with Crippen LogP contribution in [0.4, 0.5) is 20.3 Å². The number of anilines is 1. The fourth-order valence-corrected chi connectivity index (χ4v) is 3.88. The highest BCUT2D eigenvalue weighted by Gasteiger charge is 2.35. The Morgan fingerprint density at radius 3 is 2.73 bits per heavy atom. The Hall–Kier alpha value is -3.54. The van der Waals surface area contributed by atoms with Gasteiger partial charge >= 0.3 is 5.97 Å². The molecule has 33 heavy (non-hydrogen) atoms. The molecule has 0 spiro atoms. The van der Waals surface area contributed by atoms with Gasteiger partial charge < -0.3 is 15.0 Å². The van der Waals surface area contributed by atoms with Crippen LogP contribution in [0.3, 0.4) is 0 Å². The first-order valence-corrected chi connectivity index (χ1v) is 10.7. The standard InChI is InChI=1S/C24H25F2N5O2/c1-24(2,3)16(9-17(32)33-5)30-23-19(26)18(12-6-7-12)21(27-4)20(31-23)15-11-29-22-14(15)8-13(25)10-28-22/h8,10-12,16H,6-7,9H2,1-3,5H3,(H,28,29)(H,30,31)/t16-/m0/s1. The number of halogens is 2. The molecule has 1 saturated carbocycles. The minimum atomic E-state index is -0.587. The topological polar surface area (TPSA) is 84.3 Å². The van der Waals surface area contributed by atoms with Gasteiger partial charge in [0.25, 0.3) is 0 Å². The molecule has 3 aromatic rings. The van der Waals surface area contributed by atoms with Crippen molar-refractivity contribution in [2.45, 2.75) is 52.0 Å². The van der Waals surface area contributed by atoms with Crippen LogP contribution >= 0.6 is 0 Å². The van der Waals surface area contributed by atoms with E-state index in [2.05, 4.69) is 25.1 Å². The molecule has 7 nitrogen and oxygen atoms in total. The molecule has 0 radical (unpaired) electrons. The summed E-state index contributed by atoms with van der Waals surface area (Å²) in [5, 5.41) is 3.55. The lowest BCUT2D eigenvalue weighted by Gasteiger charge is -2.31. The summed E-state index contributed by atoms with van der Waals surface area (Å²) in [6, 6.07) is 0.833. The zero-order valence-electron chi connectivity index (χ0n) is 18.9. The van der Waals surface area contributed by atoms with Crippen LogP contribution < -0.4 is 5.32 Å². The number of hydrogen-bond acceptors (Lipinski definition) is 5. The maximum absolute atomic E-state index is 15.7. The zero-order chi connectivity index (χ0) is 23.9. The average Bonchev–Trinajstić information content (AvgIpc) is 3.52. The first kappa shape index (κ1) is 22.6. The van der Waals surface area contributed by atoms with Crippen molar-refractivity contribution >= 4 is 28.5 Å². The Kier molecular flexibility index (Phi) is 5.78. The molecule has 172 valence electrons. The van der Waals surface area contributed by atoms with E-state index < -0.39 is 29.1 Å². The number of aromatic nitrogens is 3. The normalized spacial score (nSPS) is 14.7. The van der Waals surface area contributed by atoms with Gasteiger partial charge in [-0.3, -0.25) is 4.79 Å². The van der Waals surface area contributed by atoms with Crippen molar-refractivity contribution in [3.05, 3.63) is 47.1 Å². The van der Waals surface area contributed by atoms with E-state index in [0.29, 0.717) is 22.2 Å². The summed E-state index contributed by atoms with van der Waals surface area (Å²) < 4.78 is 34.5. The molecule has 1 fully saturated rings. The van der Waals surface area contributed by atoms with Crippen LogP contribution in [0, 0.1) is 23.6 Å². The number of nitrogens with one attached hydrogen (secondary N) is 2. The minimum absolute atomic E-state index is 0.0159. The average molecular weight is 453 g/mol. The second-order valence-electron chi connectivity index (χ2n) is 9.37. The number of fused-ring (bicyclic) bond motifs is 1. The van der Waals surface area contributed by atoms with Crippen LogP contribution in [-0.2, 0) is 9.53 Å². The van der Waals surface area contributed by atoms with Crippen LogP contribution in [-0.4, -0.2) is 34.1 Å². The van der Waals surface area contributed by atoms with E-state index in [4.69, 9.17) is 11.3 Å². The Morgan fingerprint density at radius 1 is 1.39 bits per heavy atom. The molecule has 9 heteroatoms. The molecule has 0 bridgehead atoms. The number of pyridine rings is 2. The molecule has 1 atom stereocenters. The maximum atomic E-state index is 15.7. The van der Waals surface area contributed by atoms with Gasteiger partial charge in [-0.1, -0.05) is 20.8 Å². The fourth-order valence-electron chi connectivity index (χ4n) is 3.88. The molecule has 3 heterocycles. The minimum Gasteiger partial charge on any atom is -0.469 e. The summed E-state index contributed by atoms with van der Waals surface area (Å²) in [5.74, 6) is -1.66. The summed E-state index contributed by atoms with van der Waals surface area (Å²) in [6.45, 7) is 13.5. The molecule has 0 aromatic carbocycles. The number of carbonyl (C=O) groups excluding carboxylic acids is 1. The smallest absolute Gasteiger partial charge is 0.307 e. The Labute approximate surface area is 190 Å². The van der Waals surface area contributed by atoms with Crippen molar-refractivity contribution in [1.29, 1.82) is 0 Å². The number of hydrogen-bond donors (Lipinski definition) is 2. The summed E-state index contributed by atoms with van der Waals surface area (Å²) in [6.07, 6.45) is 4.26. The number of esters is 1. The number of ether oxygens (including phenoxy) is 1. The summed E-state index contributed by atoms with van der Waals surface area (Å²) >= 11 is 0. The van der Waals surface area contributed by atoms with Gasteiger partial charge in [-0.15, -0.1) is 0 Å². The van der Waals surface area contributed by atoms with Crippen molar-refractivity contribution in [3.8, 4) is 11.3 Å². The third kappa shape index (κ3) is 4.38. The van der Waals surface area contributed by atoms with Gasteiger partial charge in [0.1, 0.15) is 11.5 Å². The molecule has 1 aliphatic rings. The Balaban J connectivity index is 1.90. The van der Waals surface area contributed by atoms with Gasteiger partial charge in [0.2, 0.25) is 5.69 Å². The van der Waals surface area contributed by atoms with Crippen molar-refractivity contribution in [2.24, 2.45) is 5.41 Å². The van der Waals surface area contributed by atoms with Crippen molar-refractivity contribution < 1.29 is 18.3 Å². The lowest BCUT2D eigenvalue weighted by atomic mass is 9.84. The maximum Gasteiger partial charge on any atom is 0.307 e. The van der Waals surface area contributed by atoms with Crippen LogP contribution in [0.2, 0.25) is 0 Å². The SMILES string of the molecule is [C-]#[N+]c1c(-c2c[nH]c3ncc(F)cc23)nc(N[C@@H](CC(=O)OC)C(C)(C)C)c(F)c1C1CC1. The zero-order valence-corrected chi connectivity index (χ0v) is 18.9. The molecule has 1 aliphatic carbocycles. The first-order chi connectivity index (χ1) is 15.6. The highest BCUT2D eigenvalue weighted by atomic mass is 19.1. The van der Waals surface area contributed by atoms with Gasteiger partial charge in [-0.05, 0) is 30.2 Å². The molecule has 0 unspecified atom stereocenters. The van der Waals surface area contributed by atoms with Gasteiger partial charge in [0, 0.05) is 28.8 Å². The van der Waals surface area contributed by atoms with Crippen LogP contribution in [0.15, 0.2) is 18.5 Å². The molecule has 2 N–H and O–H groups in total. The third-order valence-corrected chi connectivity index (χ3v) is 5.95. The van der Waals surface area contributed by atoms with E-state index >= 15 is 4.39 Å². The number of nitrogens with zero attached hydrogens (tertiary/aromatic N) is 3. The number of aromatic amines is 1. The monoisotopic (exact) mass is 453 g/mol. The molecule has 0 amide bonds. The van der Waals surface area contributed by atoms with E-state index in [1.807, 2.05) is 20.8 Å². The van der Waals surface area contributed by atoms with Gasteiger partial charge in [0.15, 0.2) is 11.6 Å². The second-order valence-corrected chi connectivity index (χ2v) is 9.37. The highest BCUT2D eigenvalue weighted by Crippen LogP contribution is 2.50. The van der Waals surface area contributed by atoms with Gasteiger partial charge in [-0.25, -0.2) is 23.6 Å². The molecule has 0 saturated heterocycles. The van der Waals surface area contributed by atoms with E-state index in [9.17, 15) is 9.18 Å². The van der Waals surface area contributed by atoms with E-state index in [1.165, 1.54) is 13.2 Å². The van der Waals surface area contributed by atoms with Crippen molar-refractivity contribution in [2.75, 3.05) is 12.4 Å². The summed E-state index contributed by atoms with van der Waals surface area (Å²) in [4.78, 5) is 27.1. The molecule has 0 aliphatic heterocycles. The third-order valence-electron chi connectivity index (χ3n) is 5.95. The first-order valence-electron chi connectivity index (χ1n) is 10.7. The van der Waals surface area contributed by atoms with E-state index in [1.54, 1.807) is 6.20 Å². The Bertz CT molecular complexity index is 1270. The number of H-pyrrole nitrogens is 1. The number of rotatable bonds is 6. The Morgan fingerprint density at radius 2 is 2.12 bits per heavy atom. The summed E-state index contributed by atoms with van der Waals surface area (Å²) in [5.41, 5.74) is 1.16. The molecule has 4 rings (SSSR count). The molecule has 3 aromatic heterocycles. The number of carbonyl (C=O) groups is 1. The van der Waals surface area contributed by atoms with Crippen LogP contribution in [0.5, 0.6) is 0 Å².